The lowest BCUT2D eigenvalue weighted by molar-refractivity contribution is -0.00258. The number of benzene rings is 2. The molecule has 0 spiro atoms. The topological polar surface area (TPSA) is 55.8 Å². The van der Waals surface area contributed by atoms with Crippen molar-refractivity contribution in [3.8, 4) is 5.75 Å². The summed E-state index contributed by atoms with van der Waals surface area (Å²) < 4.78 is 50.7. The molecule has 1 atom stereocenters. The highest BCUT2D eigenvalue weighted by Gasteiger charge is 2.31. The molecule has 1 saturated heterocycles. The first kappa shape index (κ1) is 16.9. The van der Waals surface area contributed by atoms with Crippen molar-refractivity contribution in [2.45, 2.75) is 11.0 Å². The Hall–Kier alpha value is -1.96. The average molecular weight is 351 g/mol. The summed E-state index contributed by atoms with van der Waals surface area (Å²) in [5, 5.41) is 0. The minimum atomic E-state index is -3.61. The van der Waals surface area contributed by atoms with E-state index in [2.05, 4.69) is 0 Å². The van der Waals surface area contributed by atoms with Crippen molar-refractivity contribution in [2.75, 3.05) is 26.8 Å². The predicted molar refractivity (Wildman–Crippen MR) is 86.8 cm³/mol. The Bertz CT molecular complexity index is 790. The maximum Gasteiger partial charge on any atom is 0.243 e. The minimum Gasteiger partial charge on any atom is -0.497 e. The summed E-state index contributed by atoms with van der Waals surface area (Å²) in [5.74, 6) is 0.261. The number of methoxy groups -OCH3 is 1. The molecule has 1 aliphatic heterocycles. The molecule has 0 aromatic heterocycles. The average Bonchev–Trinajstić information content (AvgIpc) is 2.62. The van der Waals surface area contributed by atoms with Crippen molar-refractivity contribution < 1.29 is 22.3 Å². The summed E-state index contributed by atoms with van der Waals surface area (Å²) in [6.45, 7) is 0.767. The molecule has 1 fully saturated rings. The Morgan fingerprint density at radius 3 is 2.42 bits per heavy atom. The highest BCUT2D eigenvalue weighted by Crippen LogP contribution is 2.27. The maximum atomic E-state index is 13.0. The first-order valence-electron chi connectivity index (χ1n) is 7.52. The Morgan fingerprint density at radius 2 is 1.79 bits per heavy atom. The van der Waals surface area contributed by atoms with Crippen molar-refractivity contribution in [1.29, 1.82) is 0 Å². The van der Waals surface area contributed by atoms with E-state index in [1.807, 2.05) is 0 Å². The van der Waals surface area contributed by atoms with Gasteiger partial charge in [0, 0.05) is 13.1 Å². The van der Waals surface area contributed by atoms with Gasteiger partial charge < -0.3 is 9.47 Å². The van der Waals surface area contributed by atoms with Gasteiger partial charge in [-0.25, -0.2) is 12.8 Å². The van der Waals surface area contributed by atoms with Crippen LogP contribution in [0.1, 0.15) is 11.7 Å². The van der Waals surface area contributed by atoms with Gasteiger partial charge >= 0.3 is 0 Å². The maximum absolute atomic E-state index is 13.0. The van der Waals surface area contributed by atoms with Gasteiger partial charge in [0.15, 0.2) is 0 Å². The lowest BCUT2D eigenvalue weighted by Crippen LogP contribution is -2.42. The van der Waals surface area contributed by atoms with E-state index in [4.69, 9.17) is 9.47 Å². The Balaban J connectivity index is 1.81. The standard InChI is InChI=1S/C17H18FNO4S/c1-22-15-6-8-16(9-7-15)24(20,21)19-10-11-23-17(12-19)13-2-4-14(18)5-3-13/h2-9,17H,10-12H2,1H3. The van der Waals surface area contributed by atoms with Crippen molar-refractivity contribution in [2.24, 2.45) is 0 Å². The Labute approximate surface area is 140 Å². The molecule has 1 heterocycles. The van der Waals surface area contributed by atoms with E-state index >= 15 is 0 Å². The highest BCUT2D eigenvalue weighted by atomic mass is 32.2. The van der Waals surface area contributed by atoms with Crippen LogP contribution in [0.15, 0.2) is 53.4 Å². The molecule has 0 radical (unpaired) electrons. The molecular formula is C17H18FNO4S. The molecule has 0 amide bonds. The van der Waals surface area contributed by atoms with Crippen LogP contribution in [0, 0.1) is 5.82 Å². The summed E-state index contributed by atoms with van der Waals surface area (Å²) in [6.07, 6.45) is -0.410. The number of ether oxygens (including phenoxy) is 2. The molecule has 2 aromatic carbocycles. The van der Waals surface area contributed by atoms with Crippen LogP contribution in [0.3, 0.4) is 0 Å². The number of morpholine rings is 1. The third-order valence-corrected chi connectivity index (χ3v) is 5.85. The Kier molecular flexibility index (Phi) is 4.84. The molecule has 128 valence electrons. The predicted octanol–water partition coefficient (Wildman–Crippen LogP) is 2.60. The summed E-state index contributed by atoms with van der Waals surface area (Å²) in [6, 6.07) is 12.2. The number of sulfonamides is 1. The fourth-order valence-electron chi connectivity index (χ4n) is 2.62. The van der Waals surface area contributed by atoms with E-state index in [1.54, 1.807) is 24.3 Å². The smallest absolute Gasteiger partial charge is 0.243 e. The van der Waals surface area contributed by atoms with Crippen molar-refractivity contribution >= 4 is 10.0 Å². The van der Waals surface area contributed by atoms with E-state index < -0.39 is 16.1 Å². The number of nitrogens with zero attached hydrogens (tertiary/aromatic N) is 1. The molecule has 24 heavy (non-hydrogen) atoms. The minimum absolute atomic E-state index is 0.194. The van der Waals surface area contributed by atoms with Gasteiger partial charge in [0.1, 0.15) is 11.6 Å². The van der Waals surface area contributed by atoms with Crippen LogP contribution < -0.4 is 4.74 Å². The van der Waals surface area contributed by atoms with Gasteiger partial charge in [0.2, 0.25) is 10.0 Å². The zero-order valence-electron chi connectivity index (χ0n) is 13.2. The zero-order valence-corrected chi connectivity index (χ0v) is 14.0. The third kappa shape index (κ3) is 3.43. The van der Waals surface area contributed by atoms with E-state index in [1.165, 1.54) is 35.7 Å². The van der Waals surface area contributed by atoms with Gasteiger partial charge in [0.05, 0.1) is 24.7 Å². The highest BCUT2D eigenvalue weighted by molar-refractivity contribution is 7.89. The molecule has 0 aliphatic carbocycles. The SMILES string of the molecule is COc1ccc(S(=O)(=O)N2CCOC(c3ccc(F)cc3)C2)cc1. The second-order valence-corrected chi connectivity index (χ2v) is 7.39. The molecular weight excluding hydrogens is 333 g/mol. The molecule has 2 aromatic rings. The summed E-state index contributed by atoms with van der Waals surface area (Å²) in [7, 11) is -2.09. The molecule has 7 heteroatoms. The van der Waals surface area contributed by atoms with Gasteiger partial charge in [-0.05, 0) is 42.0 Å². The van der Waals surface area contributed by atoms with Crippen molar-refractivity contribution in [3.05, 3.63) is 59.9 Å². The van der Waals surface area contributed by atoms with E-state index in [0.717, 1.165) is 5.56 Å². The Morgan fingerprint density at radius 1 is 1.12 bits per heavy atom. The second-order valence-electron chi connectivity index (χ2n) is 5.45. The summed E-state index contributed by atoms with van der Waals surface area (Å²) in [4.78, 5) is 0.211. The molecule has 5 nitrogen and oxygen atoms in total. The van der Waals surface area contributed by atoms with Crippen molar-refractivity contribution in [1.82, 2.24) is 4.31 Å². The quantitative estimate of drug-likeness (QED) is 0.850. The van der Waals surface area contributed by atoms with Crippen molar-refractivity contribution in [3.63, 3.8) is 0 Å². The molecule has 0 saturated carbocycles. The third-order valence-electron chi connectivity index (χ3n) is 3.97. The first-order valence-corrected chi connectivity index (χ1v) is 8.96. The lowest BCUT2D eigenvalue weighted by Gasteiger charge is -2.32. The van der Waals surface area contributed by atoms with Crippen LogP contribution >= 0.6 is 0 Å². The second kappa shape index (κ2) is 6.88. The van der Waals surface area contributed by atoms with Crippen LogP contribution in [0.2, 0.25) is 0 Å². The molecule has 0 bridgehead atoms. The summed E-state index contributed by atoms with van der Waals surface area (Å²) in [5.41, 5.74) is 0.756. The first-order chi connectivity index (χ1) is 11.5. The van der Waals surface area contributed by atoms with Gasteiger partial charge in [-0.15, -0.1) is 0 Å². The van der Waals surface area contributed by atoms with Gasteiger partial charge in [0.25, 0.3) is 0 Å². The van der Waals surface area contributed by atoms with Gasteiger partial charge in [-0.2, -0.15) is 4.31 Å². The van der Waals surface area contributed by atoms with Gasteiger partial charge in [-0.1, -0.05) is 12.1 Å². The van der Waals surface area contributed by atoms with Crippen LogP contribution in [-0.2, 0) is 14.8 Å². The fraction of sp³-hybridized carbons (Fsp3) is 0.294. The van der Waals surface area contributed by atoms with Crippen LogP contribution in [-0.4, -0.2) is 39.5 Å². The lowest BCUT2D eigenvalue weighted by atomic mass is 10.1. The van der Waals surface area contributed by atoms with E-state index in [9.17, 15) is 12.8 Å². The zero-order chi connectivity index (χ0) is 17.2. The normalized spacial score (nSPS) is 19.2. The van der Waals surface area contributed by atoms with Gasteiger partial charge in [-0.3, -0.25) is 0 Å². The fourth-order valence-corrected chi connectivity index (χ4v) is 4.04. The molecule has 1 unspecified atom stereocenters. The van der Waals surface area contributed by atoms with E-state index in [-0.39, 0.29) is 30.4 Å². The number of halogens is 1. The van der Waals surface area contributed by atoms with Crippen LogP contribution in [0.4, 0.5) is 4.39 Å². The summed E-state index contributed by atoms with van der Waals surface area (Å²) >= 11 is 0. The number of rotatable bonds is 4. The van der Waals surface area contributed by atoms with Crippen LogP contribution in [0.5, 0.6) is 5.75 Å². The molecule has 1 aliphatic rings. The van der Waals surface area contributed by atoms with Crippen LogP contribution in [0.25, 0.3) is 0 Å². The molecule has 0 N–H and O–H groups in total. The molecule has 3 rings (SSSR count). The number of hydrogen-bond donors (Lipinski definition) is 0. The van der Waals surface area contributed by atoms with E-state index in [0.29, 0.717) is 5.75 Å². The monoisotopic (exact) mass is 351 g/mol. The largest absolute Gasteiger partial charge is 0.497 e. The number of hydrogen-bond acceptors (Lipinski definition) is 4.